The van der Waals surface area contributed by atoms with E-state index in [0.717, 1.165) is 16.8 Å². The Balaban J connectivity index is 1.90. The zero-order valence-electron chi connectivity index (χ0n) is 10.5. The van der Waals surface area contributed by atoms with E-state index in [-0.39, 0.29) is 6.54 Å². The maximum Gasteiger partial charge on any atom is 0.187 e. The first kappa shape index (κ1) is 14.0. The highest BCUT2D eigenvalue weighted by atomic mass is 35.5. The number of hydrogen-bond acceptors (Lipinski definition) is 4. The van der Waals surface area contributed by atoms with Crippen LogP contribution in [0.2, 0.25) is 5.02 Å². The lowest BCUT2D eigenvalue weighted by Crippen LogP contribution is -2.02. The number of phenols is 1. The molecule has 21 heavy (non-hydrogen) atoms. The van der Waals surface area contributed by atoms with Gasteiger partial charge >= 0.3 is 0 Å². The van der Waals surface area contributed by atoms with Gasteiger partial charge in [-0.05, 0) is 29.8 Å². The quantitative estimate of drug-likeness (QED) is 0.742. The van der Waals surface area contributed by atoms with Crippen LogP contribution in [0, 0.1) is 11.6 Å². The number of benzene rings is 2. The summed E-state index contributed by atoms with van der Waals surface area (Å²) in [6, 6.07) is 5.74. The molecule has 0 aliphatic rings. The first-order valence-corrected chi connectivity index (χ1v) is 7.24. The van der Waals surface area contributed by atoms with Gasteiger partial charge in [-0.15, -0.1) is 11.3 Å². The Morgan fingerprint density at radius 1 is 1.24 bits per heavy atom. The van der Waals surface area contributed by atoms with Gasteiger partial charge in [0, 0.05) is 6.54 Å². The molecular weight excluding hydrogens is 318 g/mol. The van der Waals surface area contributed by atoms with Crippen molar-refractivity contribution in [3.8, 4) is 5.75 Å². The highest BCUT2D eigenvalue weighted by Crippen LogP contribution is 2.32. The van der Waals surface area contributed by atoms with Crippen molar-refractivity contribution in [3.63, 3.8) is 0 Å². The third-order valence-corrected chi connectivity index (χ3v) is 4.11. The van der Waals surface area contributed by atoms with E-state index in [9.17, 15) is 8.78 Å². The minimum Gasteiger partial charge on any atom is -0.503 e. The first-order valence-electron chi connectivity index (χ1n) is 5.98. The summed E-state index contributed by atoms with van der Waals surface area (Å²) in [6.45, 7) is 0.157. The van der Waals surface area contributed by atoms with Crippen molar-refractivity contribution in [1.29, 1.82) is 0 Å². The molecule has 0 saturated heterocycles. The Morgan fingerprint density at radius 3 is 2.67 bits per heavy atom. The van der Waals surface area contributed by atoms with Gasteiger partial charge in [0.15, 0.2) is 17.4 Å². The van der Waals surface area contributed by atoms with Crippen LogP contribution in [0.1, 0.15) is 5.56 Å². The van der Waals surface area contributed by atoms with Crippen LogP contribution in [0.5, 0.6) is 5.75 Å². The second-order valence-electron chi connectivity index (χ2n) is 4.38. The summed E-state index contributed by atoms with van der Waals surface area (Å²) in [5, 5.41) is 12.6. The van der Waals surface area contributed by atoms with Crippen LogP contribution in [0.15, 0.2) is 29.8 Å². The average molecular weight is 327 g/mol. The van der Waals surface area contributed by atoms with Crippen molar-refractivity contribution in [1.82, 2.24) is 4.98 Å². The summed E-state index contributed by atoms with van der Waals surface area (Å²) in [5.41, 5.74) is 3.38. The molecule has 0 spiro atoms. The van der Waals surface area contributed by atoms with E-state index in [1.165, 1.54) is 11.3 Å². The van der Waals surface area contributed by atoms with Gasteiger partial charge < -0.3 is 10.4 Å². The minimum absolute atomic E-state index is 0.157. The lowest BCUT2D eigenvalue weighted by Gasteiger charge is -2.10. The van der Waals surface area contributed by atoms with Gasteiger partial charge in [0.2, 0.25) is 0 Å². The van der Waals surface area contributed by atoms with Gasteiger partial charge in [0.1, 0.15) is 5.52 Å². The topological polar surface area (TPSA) is 45.1 Å². The van der Waals surface area contributed by atoms with Crippen molar-refractivity contribution in [2.45, 2.75) is 6.54 Å². The molecule has 0 atom stereocenters. The molecule has 3 nitrogen and oxygen atoms in total. The molecule has 7 heteroatoms. The van der Waals surface area contributed by atoms with Crippen molar-refractivity contribution in [3.05, 3.63) is 52.0 Å². The van der Waals surface area contributed by atoms with Crippen molar-refractivity contribution < 1.29 is 13.9 Å². The van der Waals surface area contributed by atoms with Gasteiger partial charge in [-0.1, -0.05) is 11.6 Å². The SMILES string of the molecule is Oc1c(F)cc(CNc2c(Cl)ccc3scnc23)cc1F. The average Bonchev–Trinajstić information content (AvgIpc) is 2.92. The third kappa shape index (κ3) is 2.64. The number of phenolic OH excluding ortho intramolecular Hbond substituents is 1. The lowest BCUT2D eigenvalue weighted by molar-refractivity contribution is 0.395. The van der Waals surface area contributed by atoms with Gasteiger partial charge in [0.05, 0.1) is 20.9 Å². The van der Waals surface area contributed by atoms with Gasteiger partial charge in [0.25, 0.3) is 0 Å². The lowest BCUT2D eigenvalue weighted by atomic mass is 10.2. The fourth-order valence-corrected chi connectivity index (χ4v) is 2.89. The van der Waals surface area contributed by atoms with Crippen molar-refractivity contribution in [2.75, 3.05) is 5.32 Å². The predicted octanol–water partition coefficient (Wildman–Crippen LogP) is 4.55. The molecule has 3 rings (SSSR count). The molecule has 0 bridgehead atoms. The second-order valence-corrected chi connectivity index (χ2v) is 5.68. The zero-order valence-corrected chi connectivity index (χ0v) is 12.1. The molecule has 0 amide bonds. The molecule has 1 aromatic heterocycles. The van der Waals surface area contributed by atoms with E-state index in [2.05, 4.69) is 10.3 Å². The van der Waals surface area contributed by atoms with Crippen LogP contribution in [-0.2, 0) is 6.54 Å². The largest absolute Gasteiger partial charge is 0.503 e. The smallest absolute Gasteiger partial charge is 0.187 e. The summed E-state index contributed by atoms with van der Waals surface area (Å²) in [7, 11) is 0. The highest BCUT2D eigenvalue weighted by Gasteiger charge is 2.12. The molecule has 2 N–H and O–H groups in total. The van der Waals surface area contributed by atoms with Crippen LogP contribution in [0.3, 0.4) is 0 Å². The molecule has 1 heterocycles. The molecule has 0 unspecified atom stereocenters. The van der Waals surface area contributed by atoms with E-state index in [1.54, 1.807) is 11.6 Å². The molecule has 108 valence electrons. The Kier molecular flexibility index (Phi) is 3.65. The van der Waals surface area contributed by atoms with Crippen LogP contribution >= 0.6 is 22.9 Å². The Bertz CT molecular complexity index is 799. The molecule has 0 aliphatic heterocycles. The van der Waals surface area contributed by atoms with Gasteiger partial charge in [-0.25, -0.2) is 13.8 Å². The summed E-state index contributed by atoms with van der Waals surface area (Å²) < 4.78 is 27.6. The molecule has 0 fully saturated rings. The standard InChI is InChI=1S/C14H9ClF2N2OS/c15-8-1-2-11-13(19-6-21-11)12(8)18-5-7-3-9(16)14(20)10(17)4-7/h1-4,6,18,20H,5H2. The molecule has 0 aliphatic carbocycles. The number of rotatable bonds is 3. The Labute approximate surface area is 127 Å². The zero-order chi connectivity index (χ0) is 15.0. The first-order chi connectivity index (χ1) is 10.1. The Hall–Kier alpha value is -1.92. The summed E-state index contributed by atoms with van der Waals surface area (Å²) in [4.78, 5) is 4.22. The number of aromatic nitrogens is 1. The third-order valence-electron chi connectivity index (χ3n) is 3.00. The van der Waals surface area contributed by atoms with Crippen molar-refractivity contribution in [2.24, 2.45) is 0 Å². The van der Waals surface area contributed by atoms with E-state index >= 15 is 0 Å². The second kappa shape index (κ2) is 5.46. The van der Waals surface area contributed by atoms with Gasteiger partial charge in [-0.3, -0.25) is 0 Å². The van der Waals surface area contributed by atoms with Crippen LogP contribution < -0.4 is 5.32 Å². The van der Waals surface area contributed by atoms with Crippen LogP contribution in [0.25, 0.3) is 10.2 Å². The van der Waals surface area contributed by atoms with Gasteiger partial charge in [-0.2, -0.15) is 0 Å². The van der Waals surface area contributed by atoms with E-state index in [1.807, 2.05) is 6.07 Å². The summed E-state index contributed by atoms with van der Waals surface area (Å²) in [5.74, 6) is -2.96. The molecule has 2 aromatic carbocycles. The fraction of sp³-hybridized carbons (Fsp3) is 0.0714. The molecular formula is C14H9ClF2N2OS. The van der Waals surface area contributed by atoms with E-state index in [4.69, 9.17) is 16.7 Å². The summed E-state index contributed by atoms with van der Waals surface area (Å²) in [6.07, 6.45) is 0. The number of halogens is 3. The highest BCUT2D eigenvalue weighted by molar-refractivity contribution is 7.16. The normalized spacial score (nSPS) is 11.0. The Morgan fingerprint density at radius 2 is 1.95 bits per heavy atom. The number of anilines is 1. The van der Waals surface area contributed by atoms with Crippen LogP contribution in [-0.4, -0.2) is 10.1 Å². The molecule has 0 radical (unpaired) electrons. The number of nitrogens with zero attached hydrogens (tertiary/aromatic N) is 1. The summed E-state index contributed by atoms with van der Waals surface area (Å²) >= 11 is 7.60. The fourth-order valence-electron chi connectivity index (χ4n) is 1.99. The number of thiazole rings is 1. The number of nitrogens with one attached hydrogen (secondary N) is 1. The predicted molar refractivity (Wildman–Crippen MR) is 80.0 cm³/mol. The monoisotopic (exact) mass is 326 g/mol. The maximum atomic E-state index is 13.3. The van der Waals surface area contributed by atoms with E-state index < -0.39 is 17.4 Å². The molecule has 3 aromatic rings. The number of hydrogen-bond donors (Lipinski definition) is 2. The van der Waals surface area contributed by atoms with Crippen molar-refractivity contribution >= 4 is 38.8 Å². The number of aromatic hydroxyl groups is 1. The molecule has 0 saturated carbocycles. The van der Waals surface area contributed by atoms with E-state index in [0.29, 0.717) is 21.8 Å². The van der Waals surface area contributed by atoms with Crippen LogP contribution in [0.4, 0.5) is 14.5 Å². The minimum atomic E-state index is -0.996. The maximum absolute atomic E-state index is 13.3. The number of fused-ring (bicyclic) bond motifs is 1.